The molecule has 2 saturated heterocycles. The van der Waals surface area contributed by atoms with E-state index in [0.29, 0.717) is 41.5 Å². The molecule has 0 aliphatic carbocycles. The van der Waals surface area contributed by atoms with E-state index in [2.05, 4.69) is 27.7 Å². The summed E-state index contributed by atoms with van der Waals surface area (Å²) in [6.07, 6.45) is 7.60. The van der Waals surface area contributed by atoms with Crippen LogP contribution in [0.5, 0.6) is 0 Å². The first-order valence-electron chi connectivity index (χ1n) is 11.4. The van der Waals surface area contributed by atoms with Crippen LogP contribution in [0.15, 0.2) is 29.2 Å². The highest BCUT2D eigenvalue weighted by atomic mass is 32.1. The normalized spacial score (nSPS) is 23.5. The highest BCUT2D eigenvalue weighted by Crippen LogP contribution is 2.35. The second-order valence-corrected chi connectivity index (χ2v) is 9.68. The Morgan fingerprint density at radius 2 is 2.12 bits per heavy atom. The molecule has 3 N–H and O–H groups in total. The molecule has 2 fully saturated rings. The molecule has 1 unspecified atom stereocenters. The fourth-order valence-corrected chi connectivity index (χ4v) is 5.51. The first-order chi connectivity index (χ1) is 16.0. The van der Waals surface area contributed by atoms with Crippen LogP contribution >= 0.6 is 11.3 Å². The van der Waals surface area contributed by atoms with Crippen molar-refractivity contribution in [3.8, 4) is 0 Å². The largest absolute Gasteiger partial charge is 0.383 e. The second-order valence-electron chi connectivity index (χ2n) is 8.90. The number of fused-ring (bicyclic) bond motifs is 1. The topological polar surface area (TPSA) is 115 Å². The molecule has 0 aromatic carbocycles. The second kappa shape index (κ2) is 9.11. The summed E-state index contributed by atoms with van der Waals surface area (Å²) in [6.45, 7) is 3.32. The summed E-state index contributed by atoms with van der Waals surface area (Å²) in [5.74, 6) is -0.567. The van der Waals surface area contributed by atoms with E-state index in [4.69, 9.17) is 10.5 Å². The number of thiophene rings is 1. The van der Waals surface area contributed by atoms with Crippen LogP contribution in [0.4, 0.5) is 11.5 Å². The van der Waals surface area contributed by atoms with Gasteiger partial charge in [0.15, 0.2) is 6.23 Å². The standard InChI is InChI=1S/C23H28N6O3S/c1-14-5-6-18(15-7-9-33-13-15)28(12-14)23(31)22(30)27-17-11-25-21(24)16-10-26-29(20(16)17)19-4-2-3-8-32-19/h7,9-11,13-14,18-19H,2-6,8,12H2,1H3,(H2,24,25)(H,27,30)/t14-,18+,19?/m0/s1. The molecule has 0 bridgehead atoms. The number of nitrogen functional groups attached to an aromatic ring is 1. The lowest BCUT2D eigenvalue weighted by atomic mass is 9.91. The fourth-order valence-electron chi connectivity index (χ4n) is 4.80. The maximum absolute atomic E-state index is 13.3. The molecular weight excluding hydrogens is 440 g/mol. The van der Waals surface area contributed by atoms with Crippen molar-refractivity contribution >= 4 is 45.6 Å². The van der Waals surface area contributed by atoms with Gasteiger partial charge in [0.1, 0.15) is 11.3 Å². The Morgan fingerprint density at radius 1 is 1.24 bits per heavy atom. The fraction of sp³-hybridized carbons (Fsp3) is 0.478. The van der Waals surface area contributed by atoms with Crippen LogP contribution in [0.1, 0.15) is 56.9 Å². The van der Waals surface area contributed by atoms with E-state index in [9.17, 15) is 9.59 Å². The molecule has 3 aromatic heterocycles. The maximum Gasteiger partial charge on any atom is 0.314 e. The number of likely N-dealkylation sites (tertiary alicyclic amines) is 1. The molecule has 0 radical (unpaired) electrons. The Labute approximate surface area is 195 Å². The third-order valence-corrected chi connectivity index (χ3v) is 7.24. The molecular formula is C23H28N6O3S. The summed E-state index contributed by atoms with van der Waals surface area (Å²) in [5.41, 5.74) is 8.18. The number of rotatable bonds is 3. The van der Waals surface area contributed by atoms with E-state index in [1.807, 2.05) is 11.4 Å². The number of amides is 2. The van der Waals surface area contributed by atoms with Gasteiger partial charge in [0.25, 0.3) is 0 Å². The number of hydrogen-bond acceptors (Lipinski definition) is 7. The highest BCUT2D eigenvalue weighted by Gasteiger charge is 2.35. The molecule has 2 aliphatic heterocycles. The van der Waals surface area contributed by atoms with Crippen molar-refractivity contribution in [3.63, 3.8) is 0 Å². The van der Waals surface area contributed by atoms with Crippen molar-refractivity contribution in [1.29, 1.82) is 0 Å². The number of pyridine rings is 1. The van der Waals surface area contributed by atoms with Gasteiger partial charge in [-0.05, 0) is 60.4 Å². The van der Waals surface area contributed by atoms with Gasteiger partial charge in [-0.3, -0.25) is 9.59 Å². The van der Waals surface area contributed by atoms with Crippen LogP contribution in [-0.4, -0.2) is 44.6 Å². The number of piperidine rings is 1. The Morgan fingerprint density at radius 3 is 2.88 bits per heavy atom. The Balaban J connectivity index is 1.43. The van der Waals surface area contributed by atoms with Gasteiger partial charge in [-0.2, -0.15) is 16.4 Å². The lowest BCUT2D eigenvalue weighted by Gasteiger charge is -2.38. The number of carbonyl (C=O) groups excluding carboxylic acids is 2. The summed E-state index contributed by atoms with van der Waals surface area (Å²) < 4.78 is 7.63. The zero-order valence-electron chi connectivity index (χ0n) is 18.6. The highest BCUT2D eigenvalue weighted by molar-refractivity contribution is 7.08. The number of anilines is 2. The molecule has 2 aliphatic rings. The van der Waals surface area contributed by atoms with Gasteiger partial charge in [-0.1, -0.05) is 6.92 Å². The number of nitrogens with one attached hydrogen (secondary N) is 1. The number of ether oxygens (including phenoxy) is 1. The Hall–Kier alpha value is -2.98. The van der Waals surface area contributed by atoms with Crippen LogP contribution in [-0.2, 0) is 14.3 Å². The van der Waals surface area contributed by atoms with Gasteiger partial charge < -0.3 is 20.7 Å². The molecule has 0 saturated carbocycles. The summed E-state index contributed by atoms with van der Waals surface area (Å²) in [6, 6.07) is 1.94. The monoisotopic (exact) mass is 468 g/mol. The summed E-state index contributed by atoms with van der Waals surface area (Å²) in [4.78, 5) is 32.4. The molecule has 5 rings (SSSR count). The Kier molecular flexibility index (Phi) is 6.03. The summed E-state index contributed by atoms with van der Waals surface area (Å²) in [5, 5.41) is 11.9. The van der Waals surface area contributed by atoms with Crippen molar-refractivity contribution in [2.24, 2.45) is 5.92 Å². The van der Waals surface area contributed by atoms with Gasteiger partial charge in [0.2, 0.25) is 0 Å². The van der Waals surface area contributed by atoms with E-state index in [-0.39, 0.29) is 12.3 Å². The van der Waals surface area contributed by atoms with Gasteiger partial charge in [-0.25, -0.2) is 9.67 Å². The quantitative estimate of drug-likeness (QED) is 0.566. The minimum absolute atomic E-state index is 0.0866. The molecule has 9 nitrogen and oxygen atoms in total. The first kappa shape index (κ1) is 21.8. The number of hydrogen-bond donors (Lipinski definition) is 2. The van der Waals surface area contributed by atoms with Crippen molar-refractivity contribution < 1.29 is 14.3 Å². The van der Waals surface area contributed by atoms with Crippen molar-refractivity contribution in [3.05, 3.63) is 34.8 Å². The maximum atomic E-state index is 13.3. The van der Waals surface area contributed by atoms with Gasteiger partial charge in [0.05, 0.1) is 29.5 Å². The SMILES string of the molecule is C[C@H]1CC[C@H](c2ccsc2)N(C(=O)C(=O)Nc2cnc(N)c3cnn(C4CCCCO4)c23)C1. The van der Waals surface area contributed by atoms with Gasteiger partial charge in [-0.15, -0.1) is 0 Å². The minimum atomic E-state index is -0.686. The van der Waals surface area contributed by atoms with E-state index < -0.39 is 11.8 Å². The van der Waals surface area contributed by atoms with E-state index in [1.54, 1.807) is 27.1 Å². The van der Waals surface area contributed by atoms with Crippen LogP contribution in [0.3, 0.4) is 0 Å². The lowest BCUT2D eigenvalue weighted by Crippen LogP contribution is -2.46. The number of aromatic nitrogens is 3. The molecule has 3 atom stereocenters. The predicted molar refractivity (Wildman–Crippen MR) is 127 cm³/mol. The smallest absolute Gasteiger partial charge is 0.314 e. The molecule has 0 spiro atoms. The average Bonchev–Trinajstić information content (AvgIpc) is 3.52. The van der Waals surface area contributed by atoms with E-state index in [0.717, 1.165) is 37.7 Å². The number of nitrogens with zero attached hydrogens (tertiary/aromatic N) is 4. The van der Waals surface area contributed by atoms with Crippen molar-refractivity contribution in [2.45, 2.75) is 51.3 Å². The van der Waals surface area contributed by atoms with Crippen LogP contribution in [0.25, 0.3) is 10.9 Å². The first-order valence-corrected chi connectivity index (χ1v) is 12.3. The van der Waals surface area contributed by atoms with Crippen molar-refractivity contribution in [1.82, 2.24) is 19.7 Å². The summed E-state index contributed by atoms with van der Waals surface area (Å²) >= 11 is 1.60. The molecule has 3 aromatic rings. The number of carbonyl (C=O) groups is 2. The third-order valence-electron chi connectivity index (χ3n) is 6.54. The summed E-state index contributed by atoms with van der Waals surface area (Å²) in [7, 11) is 0. The molecule has 2 amide bonds. The van der Waals surface area contributed by atoms with Gasteiger partial charge >= 0.3 is 11.8 Å². The molecule has 10 heteroatoms. The van der Waals surface area contributed by atoms with Crippen LogP contribution in [0.2, 0.25) is 0 Å². The number of nitrogens with two attached hydrogens (primary N) is 1. The van der Waals surface area contributed by atoms with Crippen LogP contribution < -0.4 is 11.1 Å². The van der Waals surface area contributed by atoms with Gasteiger partial charge in [0, 0.05) is 13.2 Å². The average molecular weight is 469 g/mol. The van der Waals surface area contributed by atoms with E-state index >= 15 is 0 Å². The molecule has 174 valence electrons. The Bertz CT molecular complexity index is 1150. The minimum Gasteiger partial charge on any atom is -0.383 e. The molecule has 5 heterocycles. The third kappa shape index (κ3) is 4.20. The zero-order valence-corrected chi connectivity index (χ0v) is 19.4. The van der Waals surface area contributed by atoms with E-state index in [1.165, 1.54) is 6.20 Å². The molecule has 33 heavy (non-hydrogen) atoms. The van der Waals surface area contributed by atoms with Crippen LogP contribution in [0, 0.1) is 5.92 Å². The van der Waals surface area contributed by atoms with Crippen molar-refractivity contribution in [2.75, 3.05) is 24.2 Å². The zero-order chi connectivity index (χ0) is 22.9. The lowest BCUT2D eigenvalue weighted by molar-refractivity contribution is -0.146. The predicted octanol–water partition coefficient (Wildman–Crippen LogP) is 3.71.